The van der Waals surface area contributed by atoms with Crippen LogP contribution in [0.15, 0.2) is 36.2 Å². The van der Waals surface area contributed by atoms with Crippen LogP contribution in [-0.4, -0.2) is 47.9 Å². The van der Waals surface area contributed by atoms with Crippen molar-refractivity contribution in [1.29, 1.82) is 0 Å². The maximum atomic E-state index is 12.6. The lowest BCUT2D eigenvalue weighted by atomic mass is 10.1. The summed E-state index contributed by atoms with van der Waals surface area (Å²) in [6.07, 6.45) is 5.55. The van der Waals surface area contributed by atoms with Crippen LogP contribution >= 0.6 is 23.4 Å². The van der Waals surface area contributed by atoms with Gasteiger partial charge in [-0.3, -0.25) is 4.79 Å². The lowest BCUT2D eigenvalue weighted by Gasteiger charge is -2.06. The lowest BCUT2D eigenvalue weighted by molar-refractivity contribution is 0.0961. The number of hydrogen-bond donors (Lipinski definition) is 2. The average Bonchev–Trinajstić information content (AvgIpc) is 2.94. The highest BCUT2D eigenvalue weighted by Gasteiger charge is 2.16. The van der Waals surface area contributed by atoms with Gasteiger partial charge in [0.05, 0.1) is 18.8 Å². The number of ether oxygens (including phenoxy) is 1. The van der Waals surface area contributed by atoms with Crippen molar-refractivity contribution < 1.29 is 14.6 Å². The molecule has 2 N–H and O–H groups in total. The summed E-state index contributed by atoms with van der Waals surface area (Å²) in [6, 6.07) is 5.46. The van der Waals surface area contributed by atoms with Gasteiger partial charge in [-0.2, -0.15) is 11.8 Å². The zero-order valence-corrected chi connectivity index (χ0v) is 15.3. The average molecular weight is 369 g/mol. The summed E-state index contributed by atoms with van der Waals surface area (Å²) in [5, 5.41) is 13.5. The van der Waals surface area contributed by atoms with Crippen molar-refractivity contribution in [3.05, 3.63) is 46.8 Å². The zero-order valence-electron chi connectivity index (χ0n) is 13.7. The van der Waals surface area contributed by atoms with Gasteiger partial charge in [-0.15, -0.1) is 0 Å². The van der Waals surface area contributed by atoms with Gasteiger partial charge in [-0.25, -0.2) is 0 Å². The Hall–Kier alpha value is -1.47. The van der Waals surface area contributed by atoms with E-state index in [0.717, 1.165) is 16.7 Å². The molecule has 2 rings (SSSR count). The molecule has 24 heavy (non-hydrogen) atoms. The second kappa shape index (κ2) is 9.13. The summed E-state index contributed by atoms with van der Waals surface area (Å²) in [4.78, 5) is 12.6. The van der Waals surface area contributed by atoms with Crippen LogP contribution in [0.5, 0.6) is 0 Å². The van der Waals surface area contributed by atoms with Gasteiger partial charge in [0.15, 0.2) is 0 Å². The maximum absolute atomic E-state index is 12.6. The van der Waals surface area contributed by atoms with Crippen molar-refractivity contribution >= 4 is 40.2 Å². The van der Waals surface area contributed by atoms with E-state index >= 15 is 0 Å². The van der Waals surface area contributed by atoms with Gasteiger partial charge in [-0.1, -0.05) is 17.7 Å². The molecular formula is C17H21ClN2O3S. The van der Waals surface area contributed by atoms with E-state index in [0.29, 0.717) is 29.4 Å². The van der Waals surface area contributed by atoms with E-state index in [1.165, 1.54) is 0 Å². The Labute approximate surface area is 150 Å². The number of aliphatic hydroxyl groups excluding tert-OH is 1. The fourth-order valence-corrected chi connectivity index (χ4v) is 2.92. The minimum atomic E-state index is -0.264. The molecule has 0 unspecified atom stereocenters. The molecular weight excluding hydrogens is 348 g/mol. The number of rotatable bonds is 8. The molecule has 0 fully saturated rings. The smallest absolute Gasteiger partial charge is 0.257 e. The number of carbonyl (C=O) groups is 1. The highest BCUT2D eigenvalue weighted by Crippen LogP contribution is 2.25. The van der Waals surface area contributed by atoms with Crippen LogP contribution in [0.1, 0.15) is 10.4 Å². The van der Waals surface area contributed by atoms with Gasteiger partial charge in [0.1, 0.15) is 0 Å². The number of thioether (sulfide) groups is 1. The molecule has 2 aromatic rings. The van der Waals surface area contributed by atoms with Gasteiger partial charge >= 0.3 is 0 Å². The van der Waals surface area contributed by atoms with E-state index in [1.807, 2.05) is 16.9 Å². The molecule has 0 saturated carbocycles. The molecule has 1 aromatic carbocycles. The molecule has 5 nitrogen and oxygen atoms in total. The number of halogens is 1. The summed E-state index contributed by atoms with van der Waals surface area (Å²) < 4.78 is 7.09. The zero-order chi connectivity index (χ0) is 17.5. The number of nitrogens with one attached hydrogen (secondary N) is 1. The molecule has 0 aliphatic rings. The second-order valence-electron chi connectivity index (χ2n) is 5.19. The van der Waals surface area contributed by atoms with Crippen LogP contribution in [0.2, 0.25) is 5.02 Å². The van der Waals surface area contributed by atoms with E-state index in [2.05, 4.69) is 5.32 Å². The Bertz CT molecular complexity index is 743. The van der Waals surface area contributed by atoms with Crippen LogP contribution in [-0.2, 0) is 11.3 Å². The minimum Gasteiger partial charge on any atom is -0.390 e. The van der Waals surface area contributed by atoms with Crippen LogP contribution in [0, 0.1) is 0 Å². The van der Waals surface area contributed by atoms with Crippen LogP contribution < -0.4 is 5.32 Å². The van der Waals surface area contributed by atoms with Gasteiger partial charge < -0.3 is 19.7 Å². The summed E-state index contributed by atoms with van der Waals surface area (Å²) in [6.45, 7) is 0.968. The first-order chi connectivity index (χ1) is 11.6. The molecule has 0 bridgehead atoms. The van der Waals surface area contributed by atoms with E-state index in [4.69, 9.17) is 16.3 Å². The highest BCUT2D eigenvalue weighted by atomic mass is 35.5. The summed E-state index contributed by atoms with van der Waals surface area (Å²) in [5.74, 6) is 0.456. The fourth-order valence-electron chi connectivity index (χ4n) is 2.38. The Kier molecular flexibility index (Phi) is 7.17. The Morgan fingerprint density at radius 1 is 1.50 bits per heavy atom. The Morgan fingerprint density at radius 2 is 2.29 bits per heavy atom. The normalized spacial score (nSPS) is 11.9. The third kappa shape index (κ3) is 4.54. The number of aliphatic hydroxyl groups is 1. The third-order valence-electron chi connectivity index (χ3n) is 3.56. The topological polar surface area (TPSA) is 63.5 Å². The first-order valence-corrected chi connectivity index (χ1v) is 9.25. The van der Waals surface area contributed by atoms with Gasteiger partial charge in [0.2, 0.25) is 0 Å². The number of fused-ring (bicyclic) bond motifs is 1. The van der Waals surface area contributed by atoms with Crippen molar-refractivity contribution in [3.8, 4) is 0 Å². The number of nitrogens with zero attached hydrogens (tertiary/aromatic N) is 1. The van der Waals surface area contributed by atoms with Crippen molar-refractivity contribution in [2.75, 3.05) is 32.3 Å². The van der Waals surface area contributed by atoms with Gasteiger partial charge in [-0.05, 0) is 24.5 Å². The number of hydrogen-bond acceptors (Lipinski definition) is 4. The molecule has 0 radical (unpaired) electrons. The summed E-state index contributed by atoms with van der Waals surface area (Å²) in [7, 11) is 1.64. The molecule has 7 heteroatoms. The van der Waals surface area contributed by atoms with Gasteiger partial charge in [0.25, 0.3) is 5.91 Å². The molecule has 0 spiro atoms. The van der Waals surface area contributed by atoms with Crippen LogP contribution in [0.3, 0.4) is 0 Å². The molecule has 1 heterocycles. The molecule has 130 valence electrons. The van der Waals surface area contributed by atoms with Crippen molar-refractivity contribution in [1.82, 2.24) is 9.88 Å². The number of amides is 1. The second-order valence-corrected chi connectivity index (χ2v) is 6.53. The lowest BCUT2D eigenvalue weighted by Crippen LogP contribution is -2.24. The van der Waals surface area contributed by atoms with E-state index in [1.54, 1.807) is 43.3 Å². The van der Waals surface area contributed by atoms with Gasteiger partial charge in [0, 0.05) is 47.2 Å². The maximum Gasteiger partial charge on any atom is 0.257 e. The first-order valence-electron chi connectivity index (χ1n) is 7.48. The summed E-state index contributed by atoms with van der Waals surface area (Å²) >= 11 is 7.70. The molecule has 0 atom stereocenters. The quantitative estimate of drug-likeness (QED) is 0.752. The number of benzene rings is 1. The van der Waals surface area contributed by atoms with Crippen molar-refractivity contribution in [2.24, 2.45) is 0 Å². The highest BCUT2D eigenvalue weighted by molar-refractivity contribution is 7.98. The molecule has 1 amide bonds. The number of methoxy groups -OCH3 is 1. The molecule has 0 aliphatic heterocycles. The predicted octanol–water partition coefficient (Wildman–Crippen LogP) is 2.91. The number of aromatic nitrogens is 1. The van der Waals surface area contributed by atoms with Crippen molar-refractivity contribution in [2.45, 2.75) is 6.54 Å². The first kappa shape index (κ1) is 18.9. The molecule has 0 saturated heterocycles. The monoisotopic (exact) mass is 368 g/mol. The standard InChI is InChI=1S/C17H21ClN2O3S/c1-23-7-6-20-10-15(14-9-12(18)3-4-16(14)20)17(22)19-13(11-21)5-8-24-2/h3-5,9-10,21H,6-8,11H2,1-2H3,(H,19,22)/b13-5+. The Balaban J connectivity index is 2.36. The molecule has 0 aliphatic carbocycles. The van der Waals surface area contributed by atoms with Crippen LogP contribution in [0.25, 0.3) is 10.9 Å². The van der Waals surface area contributed by atoms with Crippen LogP contribution in [0.4, 0.5) is 0 Å². The fraction of sp³-hybridized carbons (Fsp3) is 0.353. The van der Waals surface area contributed by atoms with E-state index in [9.17, 15) is 9.90 Å². The molecule has 1 aromatic heterocycles. The number of carbonyl (C=O) groups excluding carboxylic acids is 1. The van der Waals surface area contributed by atoms with E-state index < -0.39 is 0 Å². The third-order valence-corrected chi connectivity index (χ3v) is 4.30. The summed E-state index contributed by atoms with van der Waals surface area (Å²) in [5.41, 5.74) is 1.93. The van der Waals surface area contributed by atoms with E-state index in [-0.39, 0.29) is 12.5 Å². The largest absolute Gasteiger partial charge is 0.390 e. The Morgan fingerprint density at radius 3 is 2.96 bits per heavy atom. The van der Waals surface area contributed by atoms with Crippen molar-refractivity contribution in [3.63, 3.8) is 0 Å². The predicted molar refractivity (Wildman–Crippen MR) is 99.8 cm³/mol. The SMILES string of the molecule is COCCn1cc(C(=O)N/C(=C/CSC)CO)c2cc(Cl)ccc21. The minimum absolute atomic E-state index is 0.213.